The summed E-state index contributed by atoms with van der Waals surface area (Å²) < 4.78 is 86.3. The summed E-state index contributed by atoms with van der Waals surface area (Å²) in [5.74, 6) is 0. The number of hydrogen-bond donors (Lipinski definition) is 1. The van der Waals surface area contributed by atoms with Crippen LogP contribution in [0.3, 0.4) is 0 Å². The van der Waals surface area contributed by atoms with Crippen molar-refractivity contribution >= 4 is 6.09 Å². The minimum atomic E-state index is -4.94. The Morgan fingerprint density at radius 3 is 2.11 bits per heavy atom. The standard InChI is InChI=1S/C25H26F6N2O3/c1-15(17-12-18(24(26,27)28)14-19(13-17)25(29,30)31)36-21-7-6-16-4-2-3-5-20(16)22(21)32-8-10-33(11-9-32)23(34)35/h2-5,12-15,21-22H,6-11H2,1H3,(H,34,35). The van der Waals surface area contributed by atoms with Crippen LogP contribution in [0.1, 0.15) is 53.3 Å². The number of halogens is 6. The van der Waals surface area contributed by atoms with E-state index in [1.165, 1.54) is 11.8 Å². The van der Waals surface area contributed by atoms with E-state index in [1.807, 2.05) is 24.3 Å². The molecule has 0 bridgehead atoms. The molecule has 0 aromatic heterocycles. The Morgan fingerprint density at radius 1 is 0.972 bits per heavy atom. The Balaban J connectivity index is 1.63. The summed E-state index contributed by atoms with van der Waals surface area (Å²) in [5.41, 5.74) is -0.888. The third-order valence-electron chi connectivity index (χ3n) is 6.86. The summed E-state index contributed by atoms with van der Waals surface area (Å²) >= 11 is 0. The van der Waals surface area contributed by atoms with Crippen molar-refractivity contribution in [2.75, 3.05) is 26.2 Å². The molecule has 0 radical (unpaired) electrons. The van der Waals surface area contributed by atoms with E-state index in [1.54, 1.807) is 0 Å². The molecule has 2 aromatic carbocycles. The van der Waals surface area contributed by atoms with Gasteiger partial charge < -0.3 is 14.7 Å². The Kier molecular flexibility index (Phi) is 7.25. The van der Waals surface area contributed by atoms with E-state index >= 15 is 0 Å². The molecule has 36 heavy (non-hydrogen) atoms. The van der Waals surface area contributed by atoms with Gasteiger partial charge in [-0.1, -0.05) is 24.3 Å². The number of benzene rings is 2. The zero-order valence-corrected chi connectivity index (χ0v) is 19.4. The summed E-state index contributed by atoms with van der Waals surface area (Å²) in [6.07, 6.45) is -11.3. The van der Waals surface area contributed by atoms with Crippen molar-refractivity contribution in [3.05, 3.63) is 70.3 Å². The maximum absolute atomic E-state index is 13.4. The fourth-order valence-electron chi connectivity index (χ4n) is 5.03. The molecule has 0 spiro atoms. The SMILES string of the molecule is CC(OC1CCc2ccccc2C1N1CCN(C(=O)O)CC1)c1cc(C(F)(F)F)cc(C(F)(F)F)c1. The van der Waals surface area contributed by atoms with E-state index in [0.29, 0.717) is 51.2 Å². The van der Waals surface area contributed by atoms with Crippen molar-refractivity contribution in [1.29, 1.82) is 0 Å². The van der Waals surface area contributed by atoms with Crippen LogP contribution in [0, 0.1) is 0 Å². The molecular weight excluding hydrogens is 490 g/mol. The highest BCUT2D eigenvalue weighted by Gasteiger charge is 2.40. The number of amides is 1. The third-order valence-corrected chi connectivity index (χ3v) is 6.86. The smallest absolute Gasteiger partial charge is 0.416 e. The number of carboxylic acid groups (broad SMARTS) is 1. The average molecular weight is 516 g/mol. The fourth-order valence-corrected chi connectivity index (χ4v) is 5.03. The summed E-state index contributed by atoms with van der Waals surface area (Å²) in [7, 11) is 0. The Bertz CT molecular complexity index is 1060. The molecule has 1 fully saturated rings. The molecule has 0 saturated carbocycles. The van der Waals surface area contributed by atoms with Crippen LogP contribution < -0.4 is 0 Å². The molecule has 11 heteroatoms. The molecule has 1 amide bonds. The number of carbonyl (C=O) groups is 1. The second-order valence-corrected chi connectivity index (χ2v) is 9.14. The van der Waals surface area contributed by atoms with Crippen molar-refractivity contribution in [2.45, 2.75) is 50.4 Å². The molecule has 4 rings (SSSR count). The van der Waals surface area contributed by atoms with E-state index in [9.17, 15) is 36.2 Å². The topological polar surface area (TPSA) is 53.0 Å². The van der Waals surface area contributed by atoms with Crippen LogP contribution in [0.5, 0.6) is 0 Å². The highest BCUT2D eigenvalue weighted by Crippen LogP contribution is 2.41. The number of fused-ring (bicyclic) bond motifs is 1. The second-order valence-electron chi connectivity index (χ2n) is 9.14. The van der Waals surface area contributed by atoms with Gasteiger partial charge in [0.2, 0.25) is 0 Å². The molecule has 5 nitrogen and oxygen atoms in total. The predicted octanol–water partition coefficient (Wildman–Crippen LogP) is 6.15. The molecule has 2 aliphatic rings. The third kappa shape index (κ3) is 5.62. The molecular formula is C25H26F6N2O3. The fraction of sp³-hybridized carbons (Fsp3) is 0.480. The van der Waals surface area contributed by atoms with Gasteiger partial charge in [-0.25, -0.2) is 4.79 Å². The zero-order chi connectivity index (χ0) is 26.3. The first-order chi connectivity index (χ1) is 16.8. The Morgan fingerprint density at radius 2 is 1.56 bits per heavy atom. The quantitative estimate of drug-likeness (QED) is 0.495. The lowest BCUT2D eigenvalue weighted by atomic mass is 9.84. The average Bonchev–Trinajstić information content (AvgIpc) is 2.82. The lowest BCUT2D eigenvalue weighted by Crippen LogP contribution is -2.52. The van der Waals surface area contributed by atoms with Crippen LogP contribution in [0.15, 0.2) is 42.5 Å². The van der Waals surface area contributed by atoms with Crippen LogP contribution in [-0.2, 0) is 23.5 Å². The summed E-state index contributed by atoms with van der Waals surface area (Å²) in [5, 5.41) is 9.27. The minimum Gasteiger partial charge on any atom is -0.465 e. The van der Waals surface area contributed by atoms with Gasteiger partial charge in [0.15, 0.2) is 0 Å². The lowest BCUT2D eigenvalue weighted by molar-refractivity contribution is -0.143. The Labute approximate surface area is 204 Å². The van der Waals surface area contributed by atoms with Crippen LogP contribution >= 0.6 is 0 Å². The van der Waals surface area contributed by atoms with E-state index in [-0.39, 0.29) is 17.7 Å². The molecule has 196 valence electrons. The first-order valence-corrected chi connectivity index (χ1v) is 11.6. The molecule has 2 aromatic rings. The number of nitrogens with zero attached hydrogens (tertiary/aromatic N) is 2. The number of aryl methyl sites for hydroxylation is 1. The molecule has 3 unspecified atom stereocenters. The number of alkyl halides is 6. The number of piperazine rings is 1. The molecule has 1 aliphatic carbocycles. The predicted molar refractivity (Wildman–Crippen MR) is 118 cm³/mol. The maximum atomic E-state index is 13.4. The second kappa shape index (κ2) is 9.93. The molecule has 1 saturated heterocycles. The maximum Gasteiger partial charge on any atom is 0.416 e. The normalized spacial score (nSPS) is 22.2. The van der Waals surface area contributed by atoms with E-state index in [0.717, 1.165) is 11.1 Å². The number of ether oxygens (including phenoxy) is 1. The van der Waals surface area contributed by atoms with Gasteiger partial charge in [0, 0.05) is 26.2 Å². The van der Waals surface area contributed by atoms with Crippen molar-refractivity contribution < 1.29 is 41.0 Å². The van der Waals surface area contributed by atoms with Crippen molar-refractivity contribution in [3.63, 3.8) is 0 Å². The first-order valence-electron chi connectivity index (χ1n) is 11.6. The van der Waals surface area contributed by atoms with Crippen LogP contribution in [0.2, 0.25) is 0 Å². The summed E-state index contributed by atoms with van der Waals surface area (Å²) in [6.45, 7) is 2.90. The van der Waals surface area contributed by atoms with Crippen molar-refractivity contribution in [3.8, 4) is 0 Å². The van der Waals surface area contributed by atoms with Gasteiger partial charge in [0.25, 0.3) is 0 Å². The first kappa shape index (κ1) is 26.3. The number of hydrogen-bond acceptors (Lipinski definition) is 3. The monoisotopic (exact) mass is 516 g/mol. The summed E-state index contributed by atoms with van der Waals surface area (Å²) in [6, 6.07) is 8.91. The van der Waals surface area contributed by atoms with Crippen molar-refractivity contribution in [2.24, 2.45) is 0 Å². The highest BCUT2D eigenvalue weighted by molar-refractivity contribution is 5.65. The van der Waals surface area contributed by atoms with Crippen LogP contribution in [0.25, 0.3) is 0 Å². The number of rotatable bonds is 4. The van der Waals surface area contributed by atoms with E-state index < -0.39 is 41.8 Å². The van der Waals surface area contributed by atoms with Gasteiger partial charge in [-0.2, -0.15) is 26.3 Å². The zero-order valence-electron chi connectivity index (χ0n) is 19.4. The summed E-state index contributed by atoms with van der Waals surface area (Å²) in [4.78, 5) is 14.7. The van der Waals surface area contributed by atoms with Crippen LogP contribution in [0.4, 0.5) is 31.1 Å². The highest BCUT2D eigenvalue weighted by atomic mass is 19.4. The van der Waals surface area contributed by atoms with Crippen LogP contribution in [-0.4, -0.2) is 53.3 Å². The van der Waals surface area contributed by atoms with Gasteiger partial charge >= 0.3 is 18.4 Å². The molecule has 1 aliphatic heterocycles. The van der Waals surface area contributed by atoms with Gasteiger partial charge in [0.1, 0.15) is 0 Å². The lowest BCUT2D eigenvalue weighted by Gasteiger charge is -2.45. The largest absolute Gasteiger partial charge is 0.465 e. The minimum absolute atomic E-state index is 0.109. The molecule has 3 atom stereocenters. The van der Waals surface area contributed by atoms with E-state index in [2.05, 4.69) is 4.90 Å². The van der Waals surface area contributed by atoms with Gasteiger partial charge in [-0.3, -0.25) is 4.90 Å². The molecule has 1 N–H and O–H groups in total. The Hall–Kier alpha value is -2.79. The van der Waals surface area contributed by atoms with Crippen molar-refractivity contribution in [1.82, 2.24) is 9.80 Å². The van der Waals surface area contributed by atoms with Gasteiger partial charge in [0.05, 0.1) is 29.4 Å². The molecule has 1 heterocycles. The van der Waals surface area contributed by atoms with Gasteiger partial charge in [-0.15, -0.1) is 0 Å². The van der Waals surface area contributed by atoms with Gasteiger partial charge in [-0.05, 0) is 54.7 Å². The van der Waals surface area contributed by atoms with E-state index in [4.69, 9.17) is 4.74 Å².